The molecule has 1 aromatic rings. The van der Waals surface area contributed by atoms with Gasteiger partial charge in [0.2, 0.25) is 0 Å². The fraction of sp³-hybridized carbons (Fsp3) is 0.577. The maximum atomic E-state index is 12.6. The van der Waals surface area contributed by atoms with Crippen molar-refractivity contribution in [2.75, 3.05) is 0 Å². The minimum absolute atomic E-state index is 0.0352. The summed E-state index contributed by atoms with van der Waals surface area (Å²) < 4.78 is 5.67. The standard InChI is InChI=1S/C26H36O2/c1-3-5-7-21-10-18-25(19-11-21)28-26(27)24-16-14-23(15-17-24)22-12-8-20(6-4-2)9-13-22/h3-4,10-11,18-20,22-24H,1-2,5-9,12-17H2. The highest BCUT2D eigenvalue weighted by atomic mass is 16.5. The molecule has 2 aliphatic carbocycles. The highest BCUT2D eigenvalue weighted by molar-refractivity contribution is 5.75. The zero-order valence-electron chi connectivity index (χ0n) is 17.3. The Hall–Kier alpha value is -1.83. The molecule has 2 saturated carbocycles. The van der Waals surface area contributed by atoms with Gasteiger partial charge in [-0.1, -0.05) is 24.3 Å². The van der Waals surface area contributed by atoms with Crippen LogP contribution in [-0.4, -0.2) is 5.97 Å². The van der Waals surface area contributed by atoms with Gasteiger partial charge in [-0.25, -0.2) is 0 Å². The topological polar surface area (TPSA) is 26.3 Å². The van der Waals surface area contributed by atoms with Crippen LogP contribution in [-0.2, 0) is 11.2 Å². The SMILES string of the molecule is C=CCCc1ccc(OC(=O)C2CCC(C3CCC(CC=C)CC3)CC2)cc1. The monoisotopic (exact) mass is 380 g/mol. The Morgan fingerprint density at radius 3 is 2.07 bits per heavy atom. The molecule has 152 valence electrons. The summed E-state index contributed by atoms with van der Waals surface area (Å²) in [6.07, 6.45) is 17.0. The second kappa shape index (κ2) is 10.6. The Morgan fingerprint density at radius 2 is 1.50 bits per heavy atom. The van der Waals surface area contributed by atoms with Crippen molar-refractivity contribution in [1.29, 1.82) is 0 Å². The molecule has 1 aromatic carbocycles. The van der Waals surface area contributed by atoms with Crippen LogP contribution in [0.5, 0.6) is 5.75 Å². The molecule has 0 bridgehead atoms. The lowest BCUT2D eigenvalue weighted by atomic mass is 9.69. The van der Waals surface area contributed by atoms with Gasteiger partial charge in [0.05, 0.1) is 5.92 Å². The number of esters is 1. The number of carbonyl (C=O) groups is 1. The fourth-order valence-corrected chi connectivity index (χ4v) is 5.15. The van der Waals surface area contributed by atoms with E-state index in [1.165, 1.54) is 50.5 Å². The van der Waals surface area contributed by atoms with E-state index in [9.17, 15) is 4.79 Å². The van der Waals surface area contributed by atoms with Crippen LogP contribution in [0, 0.1) is 23.7 Å². The zero-order valence-corrected chi connectivity index (χ0v) is 17.3. The Labute approximate surface area is 171 Å². The highest BCUT2D eigenvalue weighted by Gasteiger charge is 2.33. The van der Waals surface area contributed by atoms with Gasteiger partial charge < -0.3 is 4.74 Å². The van der Waals surface area contributed by atoms with E-state index in [-0.39, 0.29) is 11.9 Å². The lowest BCUT2D eigenvalue weighted by Gasteiger charge is -2.37. The number of hydrogen-bond donors (Lipinski definition) is 0. The number of ether oxygens (including phenoxy) is 1. The lowest BCUT2D eigenvalue weighted by Crippen LogP contribution is -2.30. The van der Waals surface area contributed by atoms with Crippen molar-refractivity contribution >= 4 is 5.97 Å². The van der Waals surface area contributed by atoms with E-state index in [0.717, 1.165) is 43.4 Å². The molecule has 2 nitrogen and oxygen atoms in total. The zero-order chi connectivity index (χ0) is 19.8. The van der Waals surface area contributed by atoms with Gasteiger partial charge in [0.15, 0.2) is 0 Å². The number of aryl methyl sites for hydroxylation is 1. The summed E-state index contributed by atoms with van der Waals surface area (Å²) in [4.78, 5) is 12.6. The van der Waals surface area contributed by atoms with Crippen molar-refractivity contribution < 1.29 is 9.53 Å². The van der Waals surface area contributed by atoms with Gasteiger partial charge in [-0.15, -0.1) is 13.2 Å². The Kier molecular flexibility index (Phi) is 7.94. The second-order valence-corrected chi connectivity index (χ2v) is 8.81. The van der Waals surface area contributed by atoms with Crippen molar-refractivity contribution in [3.8, 4) is 5.75 Å². The number of hydrogen-bond acceptors (Lipinski definition) is 2. The molecular weight excluding hydrogens is 344 g/mol. The number of allylic oxidation sites excluding steroid dienone is 2. The van der Waals surface area contributed by atoms with E-state index in [1.54, 1.807) is 0 Å². The molecule has 2 aliphatic rings. The van der Waals surface area contributed by atoms with Gasteiger partial charge in [0.25, 0.3) is 0 Å². The smallest absolute Gasteiger partial charge is 0.314 e. The average Bonchev–Trinajstić information content (AvgIpc) is 2.74. The molecule has 0 aliphatic heterocycles. The molecule has 3 rings (SSSR count). The third-order valence-corrected chi connectivity index (χ3v) is 6.94. The van der Waals surface area contributed by atoms with Crippen LogP contribution in [0.4, 0.5) is 0 Å². The summed E-state index contributed by atoms with van der Waals surface area (Å²) in [5.41, 5.74) is 1.25. The number of rotatable bonds is 8. The van der Waals surface area contributed by atoms with E-state index < -0.39 is 0 Å². The Balaban J connectivity index is 1.41. The summed E-state index contributed by atoms with van der Waals surface area (Å²) in [7, 11) is 0. The predicted octanol–water partition coefficient (Wildman–Crippen LogP) is 6.90. The number of benzene rings is 1. The fourth-order valence-electron chi connectivity index (χ4n) is 5.15. The van der Waals surface area contributed by atoms with Crippen LogP contribution in [0.25, 0.3) is 0 Å². The van der Waals surface area contributed by atoms with Gasteiger partial charge in [0.1, 0.15) is 5.75 Å². The summed E-state index contributed by atoms with van der Waals surface area (Å²) in [6.45, 7) is 7.64. The van der Waals surface area contributed by atoms with E-state index in [1.807, 2.05) is 30.3 Å². The molecule has 0 radical (unpaired) electrons. The summed E-state index contributed by atoms with van der Waals surface area (Å²) >= 11 is 0. The van der Waals surface area contributed by atoms with Crippen molar-refractivity contribution in [3.63, 3.8) is 0 Å². The maximum Gasteiger partial charge on any atom is 0.314 e. The van der Waals surface area contributed by atoms with Crippen molar-refractivity contribution in [3.05, 3.63) is 55.1 Å². The van der Waals surface area contributed by atoms with Crippen LogP contribution in [0.2, 0.25) is 0 Å². The largest absolute Gasteiger partial charge is 0.426 e. The third-order valence-electron chi connectivity index (χ3n) is 6.94. The Bertz CT molecular complexity index is 629. The van der Waals surface area contributed by atoms with E-state index in [0.29, 0.717) is 5.75 Å². The molecule has 28 heavy (non-hydrogen) atoms. The molecule has 0 saturated heterocycles. The molecule has 0 atom stereocenters. The lowest BCUT2D eigenvalue weighted by molar-refractivity contribution is -0.140. The van der Waals surface area contributed by atoms with E-state index in [4.69, 9.17) is 4.74 Å². The minimum atomic E-state index is -0.0352. The molecule has 0 aromatic heterocycles. The first-order chi connectivity index (χ1) is 13.7. The van der Waals surface area contributed by atoms with Crippen molar-refractivity contribution in [2.45, 2.75) is 70.6 Å². The first-order valence-electron chi connectivity index (χ1n) is 11.2. The first kappa shape index (κ1) is 20.9. The average molecular weight is 381 g/mol. The molecule has 2 fully saturated rings. The molecule has 0 N–H and O–H groups in total. The molecule has 0 amide bonds. The summed E-state index contributed by atoms with van der Waals surface area (Å²) in [5.74, 6) is 3.28. The van der Waals surface area contributed by atoms with E-state index in [2.05, 4.69) is 19.2 Å². The van der Waals surface area contributed by atoms with Crippen LogP contribution < -0.4 is 4.74 Å². The van der Waals surface area contributed by atoms with Crippen LogP contribution in [0.15, 0.2) is 49.6 Å². The molecule has 0 spiro atoms. The van der Waals surface area contributed by atoms with Crippen LogP contribution in [0.1, 0.15) is 69.8 Å². The van der Waals surface area contributed by atoms with Crippen molar-refractivity contribution in [2.24, 2.45) is 23.7 Å². The first-order valence-corrected chi connectivity index (χ1v) is 11.2. The number of carbonyl (C=O) groups excluding carboxylic acids is 1. The van der Waals surface area contributed by atoms with Gasteiger partial charge in [-0.2, -0.15) is 0 Å². The normalized spacial score (nSPS) is 27.7. The molecular formula is C26H36O2. The van der Waals surface area contributed by atoms with Crippen molar-refractivity contribution in [1.82, 2.24) is 0 Å². The van der Waals surface area contributed by atoms with Gasteiger partial charge in [-0.05, 0) is 106 Å². The Morgan fingerprint density at radius 1 is 0.893 bits per heavy atom. The second-order valence-electron chi connectivity index (χ2n) is 8.81. The van der Waals surface area contributed by atoms with Gasteiger partial charge >= 0.3 is 5.97 Å². The molecule has 0 heterocycles. The molecule has 0 unspecified atom stereocenters. The minimum Gasteiger partial charge on any atom is -0.426 e. The van der Waals surface area contributed by atoms with Gasteiger partial charge in [-0.3, -0.25) is 4.79 Å². The van der Waals surface area contributed by atoms with Crippen LogP contribution in [0.3, 0.4) is 0 Å². The quantitative estimate of drug-likeness (QED) is 0.278. The molecule has 2 heteroatoms. The van der Waals surface area contributed by atoms with E-state index >= 15 is 0 Å². The maximum absolute atomic E-state index is 12.6. The highest BCUT2D eigenvalue weighted by Crippen LogP contribution is 2.42. The third kappa shape index (κ3) is 5.83. The predicted molar refractivity (Wildman–Crippen MR) is 116 cm³/mol. The van der Waals surface area contributed by atoms with Gasteiger partial charge in [0, 0.05) is 0 Å². The summed E-state index contributed by atoms with van der Waals surface area (Å²) in [5, 5.41) is 0. The summed E-state index contributed by atoms with van der Waals surface area (Å²) in [6, 6.07) is 7.94. The van der Waals surface area contributed by atoms with Crippen LogP contribution >= 0.6 is 0 Å².